The zero-order valence-corrected chi connectivity index (χ0v) is 17.1. The molecule has 0 aliphatic carbocycles. The summed E-state index contributed by atoms with van der Waals surface area (Å²) in [5, 5.41) is 8.07. The second-order valence-electron chi connectivity index (χ2n) is 7.03. The molecule has 3 N–H and O–H groups in total. The molecule has 2 heterocycles. The van der Waals surface area contributed by atoms with Crippen LogP contribution in [0, 0.1) is 19.7 Å². The largest absolute Gasteiger partial charge is 0.390 e. The predicted octanol–water partition coefficient (Wildman–Crippen LogP) is 5.17. The zero-order chi connectivity index (χ0) is 22.8. The number of carbonyl (C=O) groups excluding carboxylic acids is 1. The number of benzene rings is 1. The van der Waals surface area contributed by atoms with E-state index in [1.807, 2.05) is 19.1 Å². The van der Waals surface area contributed by atoms with Crippen LogP contribution in [0.25, 0.3) is 22.0 Å². The molecule has 0 saturated carbocycles. The van der Waals surface area contributed by atoms with Crippen molar-refractivity contribution < 1.29 is 22.4 Å². The SMILES string of the molecule is CNc1cc2nc(C)c(-c3cc(NC(=O)NCCC(F)(F)F)c(F)cc3C)cc2cn1. The second kappa shape index (κ2) is 8.75. The highest BCUT2D eigenvalue weighted by molar-refractivity contribution is 5.92. The van der Waals surface area contributed by atoms with E-state index in [2.05, 4.69) is 25.9 Å². The maximum atomic E-state index is 14.4. The monoisotopic (exact) mass is 435 g/mol. The van der Waals surface area contributed by atoms with Crippen LogP contribution in [0.3, 0.4) is 0 Å². The van der Waals surface area contributed by atoms with Gasteiger partial charge in [-0.3, -0.25) is 4.98 Å². The van der Waals surface area contributed by atoms with Crippen molar-refractivity contribution in [2.75, 3.05) is 24.2 Å². The number of amides is 2. The highest BCUT2D eigenvalue weighted by Crippen LogP contribution is 2.32. The Bertz CT molecular complexity index is 1130. The average Bonchev–Trinajstić information content (AvgIpc) is 2.68. The summed E-state index contributed by atoms with van der Waals surface area (Å²) in [6.07, 6.45) is -3.89. The molecule has 0 bridgehead atoms. The molecule has 0 saturated heterocycles. The molecule has 2 aromatic heterocycles. The van der Waals surface area contributed by atoms with Crippen molar-refractivity contribution in [2.45, 2.75) is 26.4 Å². The number of nitrogens with one attached hydrogen (secondary N) is 3. The number of halogens is 4. The van der Waals surface area contributed by atoms with E-state index in [-0.39, 0.29) is 5.69 Å². The Morgan fingerprint density at radius 3 is 2.52 bits per heavy atom. The summed E-state index contributed by atoms with van der Waals surface area (Å²) >= 11 is 0. The smallest absolute Gasteiger partial charge is 0.373 e. The summed E-state index contributed by atoms with van der Waals surface area (Å²) in [4.78, 5) is 20.8. The van der Waals surface area contributed by atoms with Crippen LogP contribution >= 0.6 is 0 Å². The summed E-state index contributed by atoms with van der Waals surface area (Å²) in [5.74, 6) is -0.0212. The molecule has 3 rings (SSSR count). The molecule has 0 aliphatic heterocycles. The fraction of sp³-hybridized carbons (Fsp3) is 0.286. The number of urea groups is 1. The van der Waals surface area contributed by atoms with E-state index >= 15 is 0 Å². The Kier molecular flexibility index (Phi) is 6.28. The number of alkyl halides is 3. The minimum atomic E-state index is -4.39. The molecule has 164 valence electrons. The second-order valence-corrected chi connectivity index (χ2v) is 7.03. The van der Waals surface area contributed by atoms with Gasteiger partial charge in [-0.2, -0.15) is 13.2 Å². The van der Waals surface area contributed by atoms with Crippen LogP contribution in [-0.4, -0.2) is 35.8 Å². The van der Waals surface area contributed by atoms with Gasteiger partial charge < -0.3 is 16.0 Å². The van der Waals surface area contributed by atoms with E-state index in [1.165, 1.54) is 12.1 Å². The molecular formula is C21H21F4N5O. The molecule has 0 aliphatic rings. The van der Waals surface area contributed by atoms with Crippen LogP contribution in [0.4, 0.5) is 33.9 Å². The maximum Gasteiger partial charge on any atom is 0.390 e. The van der Waals surface area contributed by atoms with Crippen LogP contribution in [0.5, 0.6) is 0 Å². The fourth-order valence-corrected chi connectivity index (χ4v) is 3.12. The summed E-state index contributed by atoms with van der Waals surface area (Å²) in [5.41, 5.74) is 3.26. The van der Waals surface area contributed by atoms with Gasteiger partial charge in [0.1, 0.15) is 11.6 Å². The number of anilines is 2. The van der Waals surface area contributed by atoms with Crippen molar-refractivity contribution in [3.8, 4) is 11.1 Å². The Morgan fingerprint density at radius 2 is 1.84 bits per heavy atom. The van der Waals surface area contributed by atoms with Crippen LogP contribution in [0.2, 0.25) is 0 Å². The van der Waals surface area contributed by atoms with Crippen LogP contribution in [0.15, 0.2) is 30.5 Å². The molecule has 0 atom stereocenters. The third-order valence-electron chi connectivity index (χ3n) is 4.69. The zero-order valence-electron chi connectivity index (χ0n) is 17.1. The van der Waals surface area contributed by atoms with E-state index < -0.39 is 31.0 Å². The van der Waals surface area contributed by atoms with Gasteiger partial charge in [-0.1, -0.05) is 0 Å². The third-order valence-corrected chi connectivity index (χ3v) is 4.69. The van der Waals surface area contributed by atoms with Gasteiger partial charge in [0, 0.05) is 42.5 Å². The Labute approximate surface area is 176 Å². The summed E-state index contributed by atoms with van der Waals surface area (Å²) in [7, 11) is 1.76. The minimum Gasteiger partial charge on any atom is -0.373 e. The standard InChI is InChI=1S/C21H21F4N5O/c1-11-6-16(22)18(30-20(31)27-5-4-21(23,24)25)8-14(11)15-7-13-10-28-19(26-3)9-17(13)29-12(15)2/h6-10H,4-5H2,1-3H3,(H,26,28)(H2,27,30,31). The molecule has 31 heavy (non-hydrogen) atoms. The summed E-state index contributed by atoms with van der Waals surface area (Å²) in [6, 6.07) is 5.46. The summed E-state index contributed by atoms with van der Waals surface area (Å²) in [6.45, 7) is 2.93. The topological polar surface area (TPSA) is 78.9 Å². The minimum absolute atomic E-state index is 0.145. The first kappa shape index (κ1) is 22.3. The molecule has 2 amide bonds. The third kappa shape index (κ3) is 5.39. The van der Waals surface area contributed by atoms with Crippen LogP contribution in [0.1, 0.15) is 17.7 Å². The van der Waals surface area contributed by atoms with E-state index in [0.717, 1.165) is 16.5 Å². The molecule has 6 nitrogen and oxygen atoms in total. The first-order valence-electron chi connectivity index (χ1n) is 9.44. The number of aryl methyl sites for hydroxylation is 2. The number of carbonyl (C=O) groups is 1. The molecule has 0 radical (unpaired) electrons. The van der Waals surface area contributed by atoms with Gasteiger partial charge in [0.05, 0.1) is 17.6 Å². The van der Waals surface area contributed by atoms with Gasteiger partial charge in [0.25, 0.3) is 0 Å². The number of aromatic nitrogens is 2. The van der Waals surface area contributed by atoms with Crippen molar-refractivity contribution in [3.05, 3.63) is 47.5 Å². The van der Waals surface area contributed by atoms with E-state index in [9.17, 15) is 22.4 Å². The lowest BCUT2D eigenvalue weighted by Crippen LogP contribution is -2.32. The fourth-order valence-electron chi connectivity index (χ4n) is 3.12. The number of hydrogen-bond donors (Lipinski definition) is 3. The molecule has 0 fully saturated rings. The number of nitrogens with zero attached hydrogens (tertiary/aromatic N) is 2. The molecule has 10 heteroatoms. The highest BCUT2D eigenvalue weighted by Gasteiger charge is 2.26. The molecule has 1 aromatic carbocycles. The van der Waals surface area contributed by atoms with Gasteiger partial charge in [-0.25, -0.2) is 14.2 Å². The van der Waals surface area contributed by atoms with Crippen molar-refractivity contribution in [3.63, 3.8) is 0 Å². The van der Waals surface area contributed by atoms with Crippen LogP contribution in [-0.2, 0) is 0 Å². The Hall–Kier alpha value is -3.43. The quantitative estimate of drug-likeness (QED) is 0.483. The summed E-state index contributed by atoms with van der Waals surface area (Å²) < 4.78 is 51.1. The van der Waals surface area contributed by atoms with Gasteiger partial charge >= 0.3 is 12.2 Å². The van der Waals surface area contributed by atoms with Crippen molar-refractivity contribution in [2.24, 2.45) is 0 Å². The first-order valence-corrected chi connectivity index (χ1v) is 9.44. The molecular weight excluding hydrogens is 414 g/mol. The molecule has 3 aromatic rings. The first-order chi connectivity index (χ1) is 14.6. The molecule has 0 spiro atoms. The van der Waals surface area contributed by atoms with Crippen molar-refractivity contribution in [1.29, 1.82) is 0 Å². The van der Waals surface area contributed by atoms with Gasteiger partial charge in [-0.15, -0.1) is 0 Å². The van der Waals surface area contributed by atoms with E-state index in [1.54, 1.807) is 20.2 Å². The van der Waals surface area contributed by atoms with Gasteiger partial charge in [-0.05, 0) is 43.2 Å². The Morgan fingerprint density at radius 1 is 1.10 bits per heavy atom. The predicted molar refractivity (Wildman–Crippen MR) is 112 cm³/mol. The number of rotatable bonds is 5. The van der Waals surface area contributed by atoms with Crippen molar-refractivity contribution in [1.82, 2.24) is 15.3 Å². The van der Waals surface area contributed by atoms with Gasteiger partial charge in [0.15, 0.2) is 0 Å². The highest BCUT2D eigenvalue weighted by atomic mass is 19.4. The van der Waals surface area contributed by atoms with Gasteiger partial charge in [0.2, 0.25) is 0 Å². The molecule has 0 unspecified atom stereocenters. The average molecular weight is 435 g/mol. The lowest BCUT2D eigenvalue weighted by Gasteiger charge is -2.15. The number of fused-ring (bicyclic) bond motifs is 1. The number of hydrogen-bond acceptors (Lipinski definition) is 4. The maximum absolute atomic E-state index is 14.4. The van der Waals surface area contributed by atoms with E-state index in [0.29, 0.717) is 22.6 Å². The lowest BCUT2D eigenvalue weighted by atomic mass is 9.97. The Balaban J connectivity index is 1.90. The number of pyridine rings is 2. The normalized spacial score (nSPS) is 11.5. The van der Waals surface area contributed by atoms with E-state index in [4.69, 9.17) is 0 Å². The van der Waals surface area contributed by atoms with Crippen LogP contribution < -0.4 is 16.0 Å². The van der Waals surface area contributed by atoms with Crippen molar-refractivity contribution >= 4 is 28.4 Å². The lowest BCUT2D eigenvalue weighted by molar-refractivity contribution is -0.132.